The van der Waals surface area contributed by atoms with E-state index < -0.39 is 0 Å². The Morgan fingerprint density at radius 2 is 2.11 bits per heavy atom. The molecule has 1 N–H and O–H groups in total. The molecule has 0 aliphatic rings. The fraction of sp³-hybridized carbons (Fsp3) is 0.286. The first kappa shape index (κ1) is 13.5. The maximum absolute atomic E-state index is 12.0. The summed E-state index contributed by atoms with van der Waals surface area (Å²) in [7, 11) is 0. The Balaban J connectivity index is 2.12. The van der Waals surface area contributed by atoms with E-state index >= 15 is 0 Å². The fourth-order valence-corrected chi connectivity index (χ4v) is 2.61. The molecule has 2 rings (SSSR count). The SMILES string of the molecule is CCc1ccccc1NC(=O)Cn1c(C)csc1=O. The van der Waals surface area contributed by atoms with Crippen molar-refractivity contribution < 1.29 is 4.79 Å². The van der Waals surface area contributed by atoms with E-state index in [-0.39, 0.29) is 17.3 Å². The van der Waals surface area contributed by atoms with E-state index in [0.717, 1.165) is 34.7 Å². The topological polar surface area (TPSA) is 51.1 Å². The van der Waals surface area contributed by atoms with Gasteiger partial charge in [-0.2, -0.15) is 0 Å². The molecule has 0 fully saturated rings. The Morgan fingerprint density at radius 3 is 2.74 bits per heavy atom. The molecule has 0 aliphatic carbocycles. The molecule has 0 aliphatic heterocycles. The van der Waals surface area contributed by atoms with E-state index in [1.807, 2.05) is 38.1 Å². The Bertz CT molecular complexity index is 643. The number of rotatable bonds is 4. The second kappa shape index (κ2) is 5.84. The van der Waals surface area contributed by atoms with E-state index in [1.165, 1.54) is 4.57 Å². The lowest BCUT2D eigenvalue weighted by Crippen LogP contribution is -2.25. The standard InChI is InChI=1S/C14H16N2O2S/c1-3-11-6-4-5-7-12(11)15-13(17)8-16-10(2)9-19-14(16)18/h4-7,9H,3,8H2,1-2H3,(H,15,17). The van der Waals surface area contributed by atoms with E-state index in [4.69, 9.17) is 0 Å². The van der Waals surface area contributed by atoms with E-state index in [1.54, 1.807) is 5.38 Å². The number of thiazole rings is 1. The maximum atomic E-state index is 12.0. The molecule has 0 saturated carbocycles. The summed E-state index contributed by atoms with van der Waals surface area (Å²) in [6.07, 6.45) is 0.855. The van der Waals surface area contributed by atoms with Crippen LogP contribution >= 0.6 is 11.3 Å². The van der Waals surface area contributed by atoms with Gasteiger partial charge in [-0.05, 0) is 25.0 Å². The van der Waals surface area contributed by atoms with Crippen molar-refractivity contribution in [1.82, 2.24) is 4.57 Å². The summed E-state index contributed by atoms with van der Waals surface area (Å²) in [5.74, 6) is -0.176. The molecule has 1 aromatic carbocycles. The predicted octanol–water partition coefficient (Wildman–Crippen LogP) is 2.42. The largest absolute Gasteiger partial charge is 0.324 e. The first-order valence-electron chi connectivity index (χ1n) is 6.14. The van der Waals surface area contributed by atoms with Crippen LogP contribution in [0.3, 0.4) is 0 Å². The minimum absolute atomic E-state index is 0.0617. The highest BCUT2D eigenvalue weighted by molar-refractivity contribution is 7.07. The van der Waals surface area contributed by atoms with Crippen molar-refractivity contribution in [1.29, 1.82) is 0 Å². The van der Waals surface area contributed by atoms with Gasteiger partial charge in [-0.15, -0.1) is 0 Å². The zero-order valence-corrected chi connectivity index (χ0v) is 11.8. The normalized spacial score (nSPS) is 10.4. The van der Waals surface area contributed by atoms with Gasteiger partial charge in [0.05, 0.1) is 0 Å². The quantitative estimate of drug-likeness (QED) is 0.932. The van der Waals surface area contributed by atoms with Crippen molar-refractivity contribution in [2.45, 2.75) is 26.8 Å². The first-order valence-corrected chi connectivity index (χ1v) is 7.02. The minimum atomic E-state index is -0.176. The van der Waals surface area contributed by atoms with Gasteiger partial charge >= 0.3 is 4.87 Å². The van der Waals surface area contributed by atoms with Crippen LogP contribution in [0.2, 0.25) is 0 Å². The molecule has 5 heteroatoms. The van der Waals surface area contributed by atoms with Gasteiger partial charge in [0.25, 0.3) is 0 Å². The number of para-hydroxylation sites is 1. The van der Waals surface area contributed by atoms with Crippen molar-refractivity contribution in [3.05, 3.63) is 50.6 Å². The van der Waals surface area contributed by atoms with Gasteiger partial charge in [-0.3, -0.25) is 14.2 Å². The maximum Gasteiger partial charge on any atom is 0.307 e. The zero-order valence-electron chi connectivity index (χ0n) is 11.0. The number of hydrogen-bond donors (Lipinski definition) is 1. The Labute approximate surface area is 115 Å². The van der Waals surface area contributed by atoms with Crippen LogP contribution in [0.5, 0.6) is 0 Å². The molecule has 4 nitrogen and oxygen atoms in total. The third-order valence-corrected chi connectivity index (χ3v) is 3.83. The number of anilines is 1. The van der Waals surface area contributed by atoms with Crippen LogP contribution in [0.15, 0.2) is 34.4 Å². The van der Waals surface area contributed by atoms with Crippen LogP contribution < -0.4 is 10.2 Å². The van der Waals surface area contributed by atoms with Crippen molar-refractivity contribution in [3.8, 4) is 0 Å². The van der Waals surface area contributed by atoms with Crippen LogP contribution in [0.1, 0.15) is 18.2 Å². The molecule has 0 spiro atoms. The lowest BCUT2D eigenvalue weighted by atomic mass is 10.1. The van der Waals surface area contributed by atoms with Crippen molar-refractivity contribution >= 4 is 22.9 Å². The molecule has 0 atom stereocenters. The molecule has 19 heavy (non-hydrogen) atoms. The molecular formula is C14H16N2O2S. The molecule has 0 bridgehead atoms. The van der Waals surface area contributed by atoms with Gasteiger partial charge in [0.1, 0.15) is 6.54 Å². The molecular weight excluding hydrogens is 260 g/mol. The summed E-state index contributed by atoms with van der Waals surface area (Å²) in [5.41, 5.74) is 2.72. The summed E-state index contributed by atoms with van der Waals surface area (Å²) >= 11 is 1.11. The van der Waals surface area contributed by atoms with Crippen LogP contribution in [0.25, 0.3) is 0 Å². The van der Waals surface area contributed by atoms with Crippen molar-refractivity contribution in [2.75, 3.05) is 5.32 Å². The van der Waals surface area contributed by atoms with E-state index in [2.05, 4.69) is 5.32 Å². The highest BCUT2D eigenvalue weighted by Gasteiger charge is 2.09. The Kier molecular flexibility index (Phi) is 4.16. The summed E-state index contributed by atoms with van der Waals surface area (Å²) in [6.45, 7) is 3.93. The minimum Gasteiger partial charge on any atom is -0.324 e. The van der Waals surface area contributed by atoms with Crippen LogP contribution in [0.4, 0.5) is 5.69 Å². The van der Waals surface area contributed by atoms with Gasteiger partial charge in [0.2, 0.25) is 5.91 Å². The summed E-state index contributed by atoms with van der Waals surface area (Å²) in [4.78, 5) is 23.4. The number of nitrogens with zero attached hydrogens (tertiary/aromatic N) is 1. The highest BCUT2D eigenvalue weighted by atomic mass is 32.1. The predicted molar refractivity (Wildman–Crippen MR) is 77.8 cm³/mol. The summed E-state index contributed by atoms with van der Waals surface area (Å²) < 4.78 is 1.48. The molecule has 0 saturated heterocycles. The lowest BCUT2D eigenvalue weighted by Gasteiger charge is -2.10. The number of amides is 1. The third-order valence-electron chi connectivity index (χ3n) is 2.95. The number of nitrogens with one attached hydrogen (secondary N) is 1. The Morgan fingerprint density at radius 1 is 1.37 bits per heavy atom. The average molecular weight is 276 g/mol. The number of aromatic nitrogens is 1. The third kappa shape index (κ3) is 3.12. The van der Waals surface area contributed by atoms with Crippen LogP contribution in [0, 0.1) is 6.92 Å². The second-order valence-corrected chi connectivity index (χ2v) is 5.11. The van der Waals surface area contributed by atoms with Gasteiger partial charge in [-0.25, -0.2) is 0 Å². The molecule has 0 unspecified atom stereocenters. The number of aryl methyl sites for hydroxylation is 2. The molecule has 100 valence electrons. The Hall–Kier alpha value is -1.88. The molecule has 1 heterocycles. The average Bonchev–Trinajstić information content (AvgIpc) is 2.71. The monoisotopic (exact) mass is 276 g/mol. The van der Waals surface area contributed by atoms with Crippen LogP contribution in [-0.2, 0) is 17.8 Å². The van der Waals surface area contributed by atoms with Crippen molar-refractivity contribution in [3.63, 3.8) is 0 Å². The molecule has 0 radical (unpaired) electrons. The highest BCUT2D eigenvalue weighted by Crippen LogP contribution is 2.15. The van der Waals surface area contributed by atoms with Gasteiger partial charge in [-0.1, -0.05) is 36.5 Å². The van der Waals surface area contributed by atoms with Crippen LogP contribution in [-0.4, -0.2) is 10.5 Å². The second-order valence-electron chi connectivity index (χ2n) is 4.29. The number of carbonyl (C=O) groups excluding carboxylic acids is 1. The van der Waals surface area contributed by atoms with Gasteiger partial charge < -0.3 is 5.32 Å². The molecule has 1 amide bonds. The molecule has 2 aromatic rings. The lowest BCUT2D eigenvalue weighted by molar-refractivity contribution is -0.116. The number of benzene rings is 1. The summed E-state index contributed by atoms with van der Waals surface area (Å²) in [6, 6.07) is 7.69. The smallest absolute Gasteiger partial charge is 0.307 e. The number of carbonyl (C=O) groups is 1. The fourth-order valence-electron chi connectivity index (χ4n) is 1.88. The van der Waals surface area contributed by atoms with Crippen molar-refractivity contribution in [2.24, 2.45) is 0 Å². The summed E-state index contributed by atoms with van der Waals surface area (Å²) in [5, 5.41) is 4.62. The van der Waals surface area contributed by atoms with Gasteiger partial charge in [0, 0.05) is 16.8 Å². The number of hydrogen-bond acceptors (Lipinski definition) is 3. The van der Waals surface area contributed by atoms with E-state index in [9.17, 15) is 9.59 Å². The van der Waals surface area contributed by atoms with Gasteiger partial charge in [0.15, 0.2) is 0 Å². The molecule has 1 aromatic heterocycles. The zero-order chi connectivity index (χ0) is 13.8. The first-order chi connectivity index (χ1) is 9.11. The van der Waals surface area contributed by atoms with E-state index in [0.29, 0.717) is 0 Å².